The quantitative estimate of drug-likeness (QED) is 0.818. The average molecular weight is 262 g/mol. The number of hydrogen-bond donors (Lipinski definition) is 1. The van der Waals surface area contributed by atoms with Gasteiger partial charge >= 0.3 is 0 Å². The van der Waals surface area contributed by atoms with Gasteiger partial charge < -0.3 is 5.73 Å². The summed E-state index contributed by atoms with van der Waals surface area (Å²) < 4.78 is 14.0. The summed E-state index contributed by atoms with van der Waals surface area (Å²) >= 11 is 0. The molecule has 0 spiro atoms. The van der Waals surface area contributed by atoms with E-state index in [1.54, 1.807) is 12.1 Å². The standard InChI is InChI=1S/C16H23FN2/c17-15-4-2-1-3-14(15)16(9-18)19(10-12-5-6-12)11-13-7-8-13/h1-4,12-13,16H,5-11,18H2. The number of nitrogens with zero attached hydrogens (tertiary/aromatic N) is 1. The van der Waals surface area contributed by atoms with E-state index >= 15 is 0 Å². The Hall–Kier alpha value is -0.930. The molecule has 1 atom stereocenters. The van der Waals surface area contributed by atoms with Crippen LogP contribution in [0.2, 0.25) is 0 Å². The maximum absolute atomic E-state index is 14.0. The minimum absolute atomic E-state index is 0.0439. The van der Waals surface area contributed by atoms with E-state index in [0.29, 0.717) is 6.54 Å². The molecular weight excluding hydrogens is 239 g/mol. The fourth-order valence-corrected chi connectivity index (χ4v) is 2.81. The summed E-state index contributed by atoms with van der Waals surface area (Å²) in [4.78, 5) is 2.44. The van der Waals surface area contributed by atoms with E-state index in [-0.39, 0.29) is 11.9 Å². The van der Waals surface area contributed by atoms with Crippen molar-refractivity contribution in [2.24, 2.45) is 17.6 Å². The van der Waals surface area contributed by atoms with Gasteiger partial charge in [-0.15, -0.1) is 0 Å². The summed E-state index contributed by atoms with van der Waals surface area (Å²) in [6.45, 7) is 2.68. The van der Waals surface area contributed by atoms with Crippen molar-refractivity contribution in [2.75, 3.05) is 19.6 Å². The maximum atomic E-state index is 14.0. The van der Waals surface area contributed by atoms with E-state index in [0.717, 1.165) is 30.5 Å². The van der Waals surface area contributed by atoms with Crippen molar-refractivity contribution >= 4 is 0 Å². The minimum atomic E-state index is -0.116. The van der Waals surface area contributed by atoms with Crippen molar-refractivity contribution in [1.29, 1.82) is 0 Å². The Labute approximate surface area is 114 Å². The third kappa shape index (κ3) is 3.34. The van der Waals surface area contributed by atoms with Crippen LogP contribution in [0.4, 0.5) is 4.39 Å². The van der Waals surface area contributed by atoms with Gasteiger partial charge in [-0.3, -0.25) is 4.90 Å². The Morgan fingerprint density at radius 3 is 2.16 bits per heavy atom. The molecule has 0 radical (unpaired) electrons. The lowest BCUT2D eigenvalue weighted by Gasteiger charge is -2.31. The van der Waals surface area contributed by atoms with Crippen molar-refractivity contribution in [1.82, 2.24) is 4.90 Å². The van der Waals surface area contributed by atoms with Crippen LogP contribution in [0.3, 0.4) is 0 Å². The van der Waals surface area contributed by atoms with Crippen LogP contribution in [0.5, 0.6) is 0 Å². The van der Waals surface area contributed by atoms with Crippen molar-refractivity contribution in [3.05, 3.63) is 35.6 Å². The monoisotopic (exact) mass is 262 g/mol. The van der Waals surface area contributed by atoms with Gasteiger partial charge in [-0.2, -0.15) is 0 Å². The molecule has 19 heavy (non-hydrogen) atoms. The van der Waals surface area contributed by atoms with E-state index in [2.05, 4.69) is 4.90 Å². The van der Waals surface area contributed by atoms with Crippen LogP contribution in [-0.4, -0.2) is 24.5 Å². The van der Waals surface area contributed by atoms with Crippen molar-refractivity contribution < 1.29 is 4.39 Å². The Bertz CT molecular complexity index is 413. The highest BCUT2D eigenvalue weighted by atomic mass is 19.1. The van der Waals surface area contributed by atoms with Crippen LogP contribution < -0.4 is 5.73 Å². The lowest BCUT2D eigenvalue weighted by molar-refractivity contribution is 0.181. The van der Waals surface area contributed by atoms with Crippen LogP contribution in [-0.2, 0) is 0 Å². The van der Waals surface area contributed by atoms with Crippen molar-refractivity contribution in [2.45, 2.75) is 31.7 Å². The highest BCUT2D eigenvalue weighted by molar-refractivity contribution is 5.22. The van der Waals surface area contributed by atoms with Gasteiger partial charge in [0, 0.05) is 31.2 Å². The SMILES string of the molecule is NCC(c1ccccc1F)N(CC1CC1)CC1CC1. The van der Waals surface area contributed by atoms with Crippen LogP contribution in [0.25, 0.3) is 0 Å². The van der Waals surface area contributed by atoms with Gasteiger partial charge in [0.05, 0.1) is 0 Å². The Kier molecular flexibility index (Phi) is 3.85. The Morgan fingerprint density at radius 1 is 1.11 bits per heavy atom. The van der Waals surface area contributed by atoms with Crippen LogP contribution in [0, 0.1) is 17.7 Å². The second-order valence-electron chi connectivity index (χ2n) is 6.11. The fourth-order valence-electron chi connectivity index (χ4n) is 2.81. The minimum Gasteiger partial charge on any atom is -0.329 e. The lowest BCUT2D eigenvalue weighted by Crippen LogP contribution is -2.37. The summed E-state index contributed by atoms with van der Waals surface area (Å²) in [6, 6.07) is 7.14. The molecule has 2 aliphatic carbocycles. The smallest absolute Gasteiger partial charge is 0.128 e. The summed E-state index contributed by atoms with van der Waals surface area (Å²) in [5, 5.41) is 0. The third-order valence-corrected chi connectivity index (χ3v) is 4.31. The zero-order valence-corrected chi connectivity index (χ0v) is 11.4. The van der Waals surface area contributed by atoms with Crippen molar-refractivity contribution in [3.63, 3.8) is 0 Å². The van der Waals surface area contributed by atoms with Gasteiger partial charge in [-0.25, -0.2) is 4.39 Å². The zero-order chi connectivity index (χ0) is 13.2. The van der Waals surface area contributed by atoms with Gasteiger partial charge in [0.15, 0.2) is 0 Å². The van der Waals surface area contributed by atoms with E-state index < -0.39 is 0 Å². The van der Waals surface area contributed by atoms with E-state index in [1.807, 2.05) is 12.1 Å². The summed E-state index contributed by atoms with van der Waals surface area (Å²) in [5.74, 6) is 1.52. The molecule has 2 N–H and O–H groups in total. The molecule has 2 fully saturated rings. The highest BCUT2D eigenvalue weighted by Gasteiger charge is 2.33. The average Bonchev–Trinajstić information content (AvgIpc) is 3.28. The molecule has 0 bridgehead atoms. The molecule has 3 rings (SSSR count). The molecule has 3 heteroatoms. The molecule has 0 amide bonds. The van der Waals surface area contributed by atoms with Gasteiger partial charge in [0.25, 0.3) is 0 Å². The molecule has 2 saturated carbocycles. The third-order valence-electron chi connectivity index (χ3n) is 4.31. The molecule has 0 saturated heterocycles. The molecule has 1 unspecified atom stereocenters. The summed E-state index contributed by atoms with van der Waals surface area (Å²) in [7, 11) is 0. The predicted molar refractivity (Wildman–Crippen MR) is 75.2 cm³/mol. The molecule has 2 aliphatic rings. The molecule has 0 heterocycles. The van der Waals surface area contributed by atoms with Gasteiger partial charge in [-0.1, -0.05) is 18.2 Å². The normalized spacial score (nSPS) is 20.8. The largest absolute Gasteiger partial charge is 0.329 e. The number of benzene rings is 1. The second-order valence-corrected chi connectivity index (χ2v) is 6.11. The summed E-state index contributed by atoms with van der Waals surface area (Å²) in [5.41, 5.74) is 6.73. The van der Waals surface area contributed by atoms with Gasteiger partial charge in [-0.05, 0) is 43.6 Å². The first kappa shape index (κ1) is 13.1. The number of rotatable bonds is 7. The molecular formula is C16H23FN2. The summed E-state index contributed by atoms with van der Waals surface area (Å²) in [6.07, 6.45) is 5.32. The molecule has 0 aliphatic heterocycles. The van der Waals surface area contributed by atoms with Gasteiger partial charge in [0.2, 0.25) is 0 Å². The first-order chi connectivity index (χ1) is 9.28. The highest BCUT2D eigenvalue weighted by Crippen LogP contribution is 2.37. The van der Waals surface area contributed by atoms with Crippen LogP contribution >= 0.6 is 0 Å². The predicted octanol–water partition coefficient (Wildman–Crippen LogP) is 2.95. The topological polar surface area (TPSA) is 29.3 Å². The van der Waals surface area contributed by atoms with Crippen molar-refractivity contribution in [3.8, 4) is 0 Å². The molecule has 104 valence electrons. The van der Waals surface area contributed by atoms with Crippen LogP contribution in [0.15, 0.2) is 24.3 Å². The van der Waals surface area contributed by atoms with E-state index in [1.165, 1.54) is 25.7 Å². The van der Waals surface area contributed by atoms with Gasteiger partial charge in [0.1, 0.15) is 5.82 Å². The number of nitrogens with two attached hydrogens (primary N) is 1. The molecule has 2 nitrogen and oxygen atoms in total. The Morgan fingerprint density at radius 2 is 1.68 bits per heavy atom. The molecule has 1 aromatic rings. The lowest BCUT2D eigenvalue weighted by atomic mass is 10.0. The van der Waals surface area contributed by atoms with E-state index in [9.17, 15) is 4.39 Å². The molecule has 1 aromatic carbocycles. The first-order valence-electron chi connectivity index (χ1n) is 7.46. The van der Waals surface area contributed by atoms with Crippen LogP contribution in [0.1, 0.15) is 37.3 Å². The zero-order valence-electron chi connectivity index (χ0n) is 11.4. The number of halogens is 1. The fraction of sp³-hybridized carbons (Fsp3) is 0.625. The second kappa shape index (κ2) is 5.59. The maximum Gasteiger partial charge on any atom is 0.128 e. The molecule has 0 aromatic heterocycles. The Balaban J connectivity index is 1.77. The first-order valence-corrected chi connectivity index (χ1v) is 7.46. The number of hydrogen-bond acceptors (Lipinski definition) is 2. The van der Waals surface area contributed by atoms with E-state index in [4.69, 9.17) is 5.73 Å².